The third kappa shape index (κ3) is 2.72. The van der Waals surface area contributed by atoms with Crippen molar-refractivity contribution in [2.75, 3.05) is 26.5 Å². The predicted octanol–water partition coefficient (Wildman–Crippen LogP) is 2.68. The smallest absolute Gasteiger partial charge is 0.410 e. The fourth-order valence-electron chi connectivity index (χ4n) is 4.57. The van der Waals surface area contributed by atoms with E-state index in [1.165, 1.54) is 0 Å². The molecule has 3 fully saturated rings. The number of rotatable bonds is 2. The van der Waals surface area contributed by atoms with Crippen molar-refractivity contribution in [2.45, 2.75) is 44.6 Å². The molecule has 3 aliphatic heterocycles. The van der Waals surface area contributed by atoms with Crippen molar-refractivity contribution in [1.29, 1.82) is 0 Å². The number of piperidine rings is 2. The molecule has 0 atom stereocenters. The minimum absolute atomic E-state index is 0.0819. The van der Waals surface area contributed by atoms with Gasteiger partial charge in [-0.3, -0.25) is 0 Å². The number of nitrogens with zero attached hydrogens (tertiary/aromatic N) is 1. The number of hydrogen-bond acceptors (Lipinski definition) is 5. The molecule has 2 saturated heterocycles. The summed E-state index contributed by atoms with van der Waals surface area (Å²) >= 11 is 0. The summed E-state index contributed by atoms with van der Waals surface area (Å²) in [6, 6.07) is 5.99. The molecule has 4 aliphatic rings. The average molecular weight is 347 g/mol. The molecule has 1 amide bonds. The average Bonchev–Trinajstić information content (AvgIpc) is 2.99. The number of amides is 1. The molecule has 3 heterocycles. The molecule has 1 saturated carbocycles. The highest BCUT2D eigenvalue weighted by Gasteiger charge is 2.61. The quantitative estimate of drug-likeness (QED) is 0.891. The van der Waals surface area contributed by atoms with Crippen LogP contribution in [-0.4, -0.2) is 48.2 Å². The summed E-state index contributed by atoms with van der Waals surface area (Å²) in [5.74, 6) is 1.51. The summed E-state index contributed by atoms with van der Waals surface area (Å²) in [5.41, 5.74) is 0.218. The summed E-state index contributed by atoms with van der Waals surface area (Å²) in [6.45, 7) is 7.07. The lowest BCUT2D eigenvalue weighted by Crippen LogP contribution is -2.67. The van der Waals surface area contributed by atoms with Crippen LogP contribution in [0.5, 0.6) is 11.5 Å². The van der Waals surface area contributed by atoms with E-state index in [0.29, 0.717) is 13.1 Å². The zero-order valence-electron chi connectivity index (χ0n) is 15.0. The van der Waals surface area contributed by atoms with E-state index in [1.807, 2.05) is 39.0 Å². The summed E-state index contributed by atoms with van der Waals surface area (Å²) < 4.78 is 16.5. The number of aliphatic hydroxyl groups excluding tert-OH is 1. The van der Waals surface area contributed by atoms with E-state index >= 15 is 0 Å². The second-order valence-corrected chi connectivity index (χ2v) is 8.70. The van der Waals surface area contributed by atoms with Gasteiger partial charge in [0.15, 0.2) is 11.5 Å². The van der Waals surface area contributed by atoms with E-state index in [9.17, 15) is 9.90 Å². The van der Waals surface area contributed by atoms with Crippen molar-refractivity contribution in [3.8, 4) is 11.5 Å². The molecule has 0 radical (unpaired) electrons. The van der Waals surface area contributed by atoms with Crippen LogP contribution < -0.4 is 9.47 Å². The minimum Gasteiger partial charge on any atom is -0.454 e. The monoisotopic (exact) mass is 347 g/mol. The molecule has 6 heteroatoms. The van der Waals surface area contributed by atoms with E-state index < -0.39 is 5.60 Å². The highest BCUT2D eigenvalue weighted by molar-refractivity contribution is 5.69. The maximum absolute atomic E-state index is 12.6. The molecule has 1 aromatic carbocycles. The lowest BCUT2D eigenvalue weighted by Gasteiger charge is -2.63. The zero-order chi connectivity index (χ0) is 17.9. The van der Waals surface area contributed by atoms with E-state index in [-0.39, 0.29) is 30.3 Å². The van der Waals surface area contributed by atoms with Crippen molar-refractivity contribution in [3.63, 3.8) is 0 Å². The largest absolute Gasteiger partial charge is 0.454 e. The molecule has 6 nitrogen and oxygen atoms in total. The van der Waals surface area contributed by atoms with Gasteiger partial charge in [0.1, 0.15) is 5.60 Å². The molecule has 0 spiro atoms. The van der Waals surface area contributed by atoms with Gasteiger partial charge in [-0.15, -0.1) is 0 Å². The molecule has 25 heavy (non-hydrogen) atoms. The van der Waals surface area contributed by atoms with Crippen LogP contribution in [0, 0.1) is 5.41 Å². The standard InChI is InChI=1S/C19H25NO5/c1-17(2,3)25-16(22)20-9-18(11-21)7-19(8-18,10-20)13-4-5-14-15(6-13)24-12-23-14/h4-6,21H,7-12H2,1-3H3. The summed E-state index contributed by atoms with van der Waals surface area (Å²) in [4.78, 5) is 14.3. The number of hydrogen-bond donors (Lipinski definition) is 1. The van der Waals surface area contributed by atoms with Gasteiger partial charge in [0, 0.05) is 23.9 Å². The highest BCUT2D eigenvalue weighted by atomic mass is 16.7. The fraction of sp³-hybridized carbons (Fsp3) is 0.632. The molecule has 5 rings (SSSR count). The van der Waals surface area contributed by atoms with Crippen molar-refractivity contribution in [1.82, 2.24) is 4.90 Å². The summed E-state index contributed by atoms with van der Waals surface area (Å²) in [5, 5.41) is 9.91. The van der Waals surface area contributed by atoms with Crippen molar-refractivity contribution in [3.05, 3.63) is 23.8 Å². The Morgan fingerprint density at radius 1 is 1.24 bits per heavy atom. The van der Waals surface area contributed by atoms with E-state index in [0.717, 1.165) is 29.9 Å². The van der Waals surface area contributed by atoms with E-state index in [1.54, 1.807) is 4.90 Å². The van der Waals surface area contributed by atoms with Crippen LogP contribution in [0.15, 0.2) is 18.2 Å². The Balaban J connectivity index is 1.60. The number of aliphatic hydroxyl groups is 1. The number of ether oxygens (including phenoxy) is 3. The van der Waals surface area contributed by atoms with Crippen LogP contribution >= 0.6 is 0 Å². The second-order valence-electron chi connectivity index (χ2n) is 8.70. The van der Waals surface area contributed by atoms with Gasteiger partial charge < -0.3 is 24.2 Å². The second kappa shape index (κ2) is 5.27. The molecule has 1 aromatic rings. The van der Waals surface area contributed by atoms with Crippen molar-refractivity contribution < 1.29 is 24.1 Å². The highest BCUT2D eigenvalue weighted by Crippen LogP contribution is 2.60. The number of benzene rings is 1. The summed E-state index contributed by atoms with van der Waals surface area (Å²) in [7, 11) is 0. The van der Waals surface area contributed by atoms with E-state index in [2.05, 4.69) is 0 Å². The first kappa shape index (κ1) is 16.5. The number of carbonyl (C=O) groups is 1. The van der Waals surface area contributed by atoms with Crippen LogP contribution in [0.2, 0.25) is 0 Å². The van der Waals surface area contributed by atoms with Crippen LogP contribution in [0.3, 0.4) is 0 Å². The third-order valence-corrected chi connectivity index (χ3v) is 5.42. The van der Waals surface area contributed by atoms with E-state index in [4.69, 9.17) is 14.2 Å². The van der Waals surface area contributed by atoms with Gasteiger partial charge in [-0.25, -0.2) is 4.79 Å². The molecule has 0 aromatic heterocycles. The number of carbonyl (C=O) groups excluding carboxylic acids is 1. The first-order valence-corrected chi connectivity index (χ1v) is 8.73. The number of fused-ring (bicyclic) bond motifs is 3. The minimum atomic E-state index is -0.531. The van der Waals surface area contributed by atoms with Gasteiger partial charge in [-0.1, -0.05) is 6.07 Å². The topological polar surface area (TPSA) is 68.2 Å². The van der Waals surface area contributed by atoms with Gasteiger partial charge in [-0.05, 0) is 51.3 Å². The Hall–Kier alpha value is -1.95. The lowest BCUT2D eigenvalue weighted by molar-refractivity contribution is -0.112. The van der Waals surface area contributed by atoms with Crippen molar-refractivity contribution in [2.24, 2.45) is 5.41 Å². The molecule has 0 unspecified atom stereocenters. The van der Waals surface area contributed by atoms with Crippen LogP contribution in [0.25, 0.3) is 0 Å². The predicted molar refractivity (Wildman–Crippen MR) is 90.8 cm³/mol. The molecule has 136 valence electrons. The Bertz CT molecular complexity index is 702. The van der Waals surface area contributed by atoms with Gasteiger partial charge in [0.2, 0.25) is 6.79 Å². The van der Waals surface area contributed by atoms with Gasteiger partial charge in [0.25, 0.3) is 0 Å². The Labute approximate surface area is 147 Å². The third-order valence-electron chi connectivity index (χ3n) is 5.42. The fourth-order valence-corrected chi connectivity index (χ4v) is 4.57. The van der Waals surface area contributed by atoms with Crippen molar-refractivity contribution >= 4 is 6.09 Å². The Morgan fingerprint density at radius 3 is 2.64 bits per heavy atom. The van der Waals surface area contributed by atoms with Gasteiger partial charge >= 0.3 is 6.09 Å². The summed E-state index contributed by atoms with van der Waals surface area (Å²) in [6.07, 6.45) is 1.43. The molecule has 2 bridgehead atoms. The zero-order valence-corrected chi connectivity index (χ0v) is 15.0. The van der Waals surface area contributed by atoms with Crippen LogP contribution in [-0.2, 0) is 10.2 Å². The maximum Gasteiger partial charge on any atom is 0.410 e. The molecule has 1 aliphatic carbocycles. The first-order valence-electron chi connectivity index (χ1n) is 8.73. The maximum atomic E-state index is 12.6. The molecular formula is C19H25NO5. The first-order chi connectivity index (χ1) is 11.7. The van der Waals surface area contributed by atoms with Crippen LogP contribution in [0.1, 0.15) is 39.2 Å². The SMILES string of the molecule is CC(C)(C)OC(=O)N1CC2(CO)CC(c3ccc4c(c3)OCO4)(C1)C2. The molecular weight excluding hydrogens is 322 g/mol. The Kier molecular flexibility index (Phi) is 3.48. The normalized spacial score (nSPS) is 30.0. The van der Waals surface area contributed by atoms with Gasteiger partial charge in [-0.2, -0.15) is 0 Å². The Morgan fingerprint density at radius 2 is 1.96 bits per heavy atom. The lowest BCUT2D eigenvalue weighted by atomic mass is 9.48. The van der Waals surface area contributed by atoms with Gasteiger partial charge in [0.05, 0.1) is 6.61 Å². The van der Waals surface area contributed by atoms with Crippen LogP contribution in [0.4, 0.5) is 4.79 Å². The molecule has 1 N–H and O–H groups in total.